The van der Waals surface area contributed by atoms with Gasteiger partial charge in [0.15, 0.2) is 0 Å². The second-order valence-corrected chi connectivity index (χ2v) is 5.31. The van der Waals surface area contributed by atoms with Gasteiger partial charge in [-0.25, -0.2) is 0 Å². The predicted molar refractivity (Wildman–Crippen MR) is 60.9 cm³/mol. The van der Waals surface area contributed by atoms with Gasteiger partial charge in [0.2, 0.25) is 0 Å². The molecule has 1 aromatic carbocycles. The van der Waals surface area contributed by atoms with E-state index in [4.69, 9.17) is 4.74 Å². The van der Waals surface area contributed by atoms with E-state index in [-0.39, 0.29) is 5.60 Å². The first-order valence-electron chi connectivity index (χ1n) is 6.00. The van der Waals surface area contributed by atoms with E-state index in [1.165, 1.54) is 25.7 Å². The minimum atomic E-state index is 0.115. The van der Waals surface area contributed by atoms with Crippen LogP contribution in [0.3, 0.4) is 0 Å². The SMILES string of the molecule is CC1(Oc2ccccc2)CC2CCC1C2. The maximum atomic E-state index is 6.20. The molecule has 0 amide bonds. The molecule has 0 aromatic heterocycles. The Morgan fingerprint density at radius 2 is 2.00 bits per heavy atom. The summed E-state index contributed by atoms with van der Waals surface area (Å²) in [7, 11) is 0. The molecule has 1 nitrogen and oxygen atoms in total. The van der Waals surface area contributed by atoms with Crippen LogP contribution in [-0.4, -0.2) is 5.60 Å². The third-order valence-corrected chi connectivity index (χ3v) is 4.19. The van der Waals surface area contributed by atoms with Crippen LogP contribution in [0.5, 0.6) is 5.75 Å². The maximum absolute atomic E-state index is 6.20. The highest BCUT2D eigenvalue weighted by molar-refractivity contribution is 5.22. The quantitative estimate of drug-likeness (QED) is 0.711. The first kappa shape index (κ1) is 9.26. The van der Waals surface area contributed by atoms with Gasteiger partial charge in [-0.3, -0.25) is 0 Å². The van der Waals surface area contributed by atoms with E-state index in [0.717, 1.165) is 17.6 Å². The Hall–Kier alpha value is -0.980. The molecular formula is C14H18O. The fraction of sp³-hybridized carbons (Fsp3) is 0.571. The van der Waals surface area contributed by atoms with Crippen molar-refractivity contribution in [3.8, 4) is 5.75 Å². The molecule has 15 heavy (non-hydrogen) atoms. The van der Waals surface area contributed by atoms with Gasteiger partial charge in [-0.05, 0) is 56.6 Å². The van der Waals surface area contributed by atoms with Crippen LogP contribution in [0.1, 0.15) is 32.6 Å². The van der Waals surface area contributed by atoms with Crippen LogP contribution in [0.15, 0.2) is 30.3 Å². The summed E-state index contributed by atoms with van der Waals surface area (Å²) in [6, 6.07) is 10.3. The Morgan fingerprint density at radius 3 is 2.60 bits per heavy atom. The second-order valence-electron chi connectivity index (χ2n) is 5.31. The van der Waals surface area contributed by atoms with Crippen molar-refractivity contribution in [1.82, 2.24) is 0 Å². The lowest BCUT2D eigenvalue weighted by atomic mass is 9.85. The van der Waals surface area contributed by atoms with Crippen LogP contribution < -0.4 is 4.74 Å². The molecule has 0 saturated heterocycles. The molecule has 2 saturated carbocycles. The third-order valence-electron chi connectivity index (χ3n) is 4.19. The standard InChI is InChI=1S/C14H18O/c1-14(10-11-7-8-12(14)9-11)15-13-5-3-2-4-6-13/h2-6,11-12H,7-10H2,1H3. The van der Waals surface area contributed by atoms with Gasteiger partial charge in [-0.2, -0.15) is 0 Å². The highest BCUT2D eigenvalue weighted by Crippen LogP contribution is 2.52. The summed E-state index contributed by atoms with van der Waals surface area (Å²) in [5, 5.41) is 0. The average Bonchev–Trinajstić information content (AvgIpc) is 2.78. The van der Waals surface area contributed by atoms with Gasteiger partial charge in [0.25, 0.3) is 0 Å². The Morgan fingerprint density at radius 1 is 1.20 bits per heavy atom. The number of hydrogen-bond acceptors (Lipinski definition) is 1. The number of rotatable bonds is 2. The van der Waals surface area contributed by atoms with E-state index < -0.39 is 0 Å². The van der Waals surface area contributed by atoms with Crippen LogP contribution in [0.2, 0.25) is 0 Å². The normalized spacial score (nSPS) is 38.2. The van der Waals surface area contributed by atoms with Crippen molar-refractivity contribution in [2.75, 3.05) is 0 Å². The number of fused-ring (bicyclic) bond motifs is 2. The van der Waals surface area contributed by atoms with Crippen molar-refractivity contribution >= 4 is 0 Å². The molecule has 80 valence electrons. The minimum absolute atomic E-state index is 0.115. The summed E-state index contributed by atoms with van der Waals surface area (Å²) in [6.07, 6.45) is 5.45. The lowest BCUT2D eigenvalue weighted by Gasteiger charge is -2.34. The molecule has 0 spiro atoms. The molecular weight excluding hydrogens is 184 g/mol. The monoisotopic (exact) mass is 202 g/mol. The minimum Gasteiger partial charge on any atom is -0.487 e. The third kappa shape index (κ3) is 1.54. The average molecular weight is 202 g/mol. The summed E-state index contributed by atoms with van der Waals surface area (Å²) in [5.74, 6) is 2.76. The lowest BCUT2D eigenvalue weighted by molar-refractivity contribution is 0.0314. The zero-order valence-electron chi connectivity index (χ0n) is 9.28. The Kier molecular flexibility index (Phi) is 2.01. The number of ether oxygens (including phenoxy) is 1. The van der Waals surface area contributed by atoms with Crippen LogP contribution in [-0.2, 0) is 0 Å². The van der Waals surface area contributed by atoms with E-state index in [1.54, 1.807) is 0 Å². The zero-order valence-corrected chi connectivity index (χ0v) is 9.28. The van der Waals surface area contributed by atoms with Crippen molar-refractivity contribution in [3.63, 3.8) is 0 Å². The largest absolute Gasteiger partial charge is 0.487 e. The summed E-state index contributed by atoms with van der Waals surface area (Å²) in [6.45, 7) is 2.30. The summed E-state index contributed by atoms with van der Waals surface area (Å²) < 4.78 is 6.20. The molecule has 2 aliphatic carbocycles. The molecule has 0 N–H and O–H groups in total. The van der Waals surface area contributed by atoms with Crippen LogP contribution >= 0.6 is 0 Å². The highest BCUT2D eigenvalue weighted by Gasteiger charge is 2.49. The van der Waals surface area contributed by atoms with Crippen LogP contribution in [0, 0.1) is 11.8 Å². The first-order valence-corrected chi connectivity index (χ1v) is 6.00. The number of benzene rings is 1. The van der Waals surface area contributed by atoms with Gasteiger partial charge in [-0.1, -0.05) is 18.2 Å². The number of para-hydroxylation sites is 1. The first-order chi connectivity index (χ1) is 7.26. The number of hydrogen-bond donors (Lipinski definition) is 0. The fourth-order valence-electron chi connectivity index (χ4n) is 3.44. The highest BCUT2D eigenvalue weighted by atomic mass is 16.5. The Bertz CT molecular complexity index is 346. The van der Waals surface area contributed by atoms with Crippen molar-refractivity contribution in [1.29, 1.82) is 0 Å². The van der Waals surface area contributed by atoms with Crippen LogP contribution in [0.4, 0.5) is 0 Å². The van der Waals surface area contributed by atoms with E-state index in [0.29, 0.717) is 0 Å². The predicted octanol–water partition coefficient (Wildman–Crippen LogP) is 3.64. The van der Waals surface area contributed by atoms with Gasteiger partial charge in [0.05, 0.1) is 0 Å². The topological polar surface area (TPSA) is 9.23 Å². The van der Waals surface area contributed by atoms with Crippen LogP contribution in [0.25, 0.3) is 0 Å². The molecule has 2 aliphatic rings. The molecule has 3 rings (SSSR count). The van der Waals surface area contributed by atoms with Gasteiger partial charge in [0.1, 0.15) is 11.4 Å². The van der Waals surface area contributed by atoms with E-state index in [9.17, 15) is 0 Å². The fourth-order valence-corrected chi connectivity index (χ4v) is 3.44. The smallest absolute Gasteiger partial charge is 0.120 e. The molecule has 3 atom stereocenters. The van der Waals surface area contributed by atoms with Crippen molar-refractivity contribution in [3.05, 3.63) is 30.3 Å². The molecule has 3 unspecified atom stereocenters. The summed E-state index contributed by atoms with van der Waals surface area (Å²) >= 11 is 0. The van der Waals surface area contributed by atoms with Gasteiger partial charge in [-0.15, -0.1) is 0 Å². The molecule has 1 aromatic rings. The molecule has 0 radical (unpaired) electrons. The lowest BCUT2D eigenvalue weighted by Crippen LogP contribution is -2.38. The van der Waals surface area contributed by atoms with Gasteiger partial charge >= 0.3 is 0 Å². The Balaban J connectivity index is 1.78. The molecule has 2 bridgehead atoms. The van der Waals surface area contributed by atoms with E-state index in [2.05, 4.69) is 19.1 Å². The molecule has 2 fully saturated rings. The zero-order chi connectivity index (χ0) is 10.3. The maximum Gasteiger partial charge on any atom is 0.120 e. The van der Waals surface area contributed by atoms with Gasteiger partial charge in [0, 0.05) is 0 Å². The van der Waals surface area contributed by atoms with Crippen molar-refractivity contribution in [2.24, 2.45) is 11.8 Å². The summed E-state index contributed by atoms with van der Waals surface area (Å²) in [5.41, 5.74) is 0.115. The van der Waals surface area contributed by atoms with Crippen molar-refractivity contribution in [2.45, 2.75) is 38.2 Å². The Labute approximate surface area is 91.5 Å². The molecule has 0 heterocycles. The summed E-state index contributed by atoms with van der Waals surface area (Å²) in [4.78, 5) is 0. The van der Waals surface area contributed by atoms with Crippen molar-refractivity contribution < 1.29 is 4.74 Å². The van der Waals surface area contributed by atoms with E-state index in [1.807, 2.05) is 18.2 Å². The molecule has 1 heteroatoms. The van der Waals surface area contributed by atoms with E-state index >= 15 is 0 Å². The molecule has 0 aliphatic heterocycles. The second kappa shape index (κ2) is 3.26. The van der Waals surface area contributed by atoms with Gasteiger partial charge < -0.3 is 4.74 Å².